The first-order chi connectivity index (χ1) is 9.06. The quantitative estimate of drug-likeness (QED) is 0.732. The Hall–Kier alpha value is -1.17. The number of carboxylic acids is 1. The van der Waals surface area contributed by atoms with E-state index in [4.69, 9.17) is 5.11 Å². The summed E-state index contributed by atoms with van der Waals surface area (Å²) < 4.78 is 0. The summed E-state index contributed by atoms with van der Waals surface area (Å²) in [5.41, 5.74) is 0. The molecule has 1 rings (SSSR count). The molecule has 0 aromatic rings. The highest BCUT2D eigenvalue weighted by Crippen LogP contribution is 2.26. The second-order valence-electron chi connectivity index (χ2n) is 4.72. The van der Waals surface area contributed by atoms with Crippen molar-refractivity contribution in [3.8, 4) is 0 Å². The lowest BCUT2D eigenvalue weighted by atomic mass is 9.95. The third kappa shape index (κ3) is 5.55. The summed E-state index contributed by atoms with van der Waals surface area (Å²) in [7, 11) is 0. The van der Waals surface area contributed by atoms with Crippen LogP contribution >= 0.6 is 11.8 Å². The highest BCUT2D eigenvalue weighted by Gasteiger charge is 2.24. The zero-order valence-electron chi connectivity index (χ0n) is 11.3. The summed E-state index contributed by atoms with van der Waals surface area (Å²) in [5, 5.41) is 12.4. The van der Waals surface area contributed by atoms with Crippen molar-refractivity contribution in [1.82, 2.24) is 10.2 Å². The van der Waals surface area contributed by atoms with E-state index >= 15 is 0 Å². The van der Waals surface area contributed by atoms with Crippen molar-refractivity contribution in [2.24, 2.45) is 0 Å². The summed E-state index contributed by atoms with van der Waals surface area (Å²) in [6.07, 6.45) is 7.78. The number of hydrogen-bond donors (Lipinski definition) is 2. The fraction of sp³-hybridized carbons (Fsp3) is 0.692. The van der Waals surface area contributed by atoms with Crippen LogP contribution in [0.25, 0.3) is 0 Å². The van der Waals surface area contributed by atoms with E-state index < -0.39 is 5.97 Å². The van der Waals surface area contributed by atoms with E-state index in [0.29, 0.717) is 5.25 Å². The Kier molecular flexibility index (Phi) is 6.77. The maximum absolute atomic E-state index is 12.0. The van der Waals surface area contributed by atoms with Crippen LogP contribution in [0.1, 0.15) is 25.7 Å². The molecule has 0 aromatic carbocycles. The molecule has 6 heteroatoms. The van der Waals surface area contributed by atoms with Crippen molar-refractivity contribution < 1.29 is 14.7 Å². The molecule has 0 radical (unpaired) electrons. The van der Waals surface area contributed by atoms with Gasteiger partial charge in [-0.15, -0.1) is 6.58 Å². The molecule has 0 spiro atoms. The van der Waals surface area contributed by atoms with Crippen LogP contribution in [0.15, 0.2) is 12.7 Å². The SMILES string of the molecule is C=CCN(CC(=O)O)C(=O)NC1CCC(SC)CC1. The molecule has 2 N–H and O–H groups in total. The molecule has 19 heavy (non-hydrogen) atoms. The second-order valence-corrected chi connectivity index (χ2v) is 5.86. The average Bonchev–Trinajstić information content (AvgIpc) is 2.38. The van der Waals surface area contributed by atoms with E-state index in [0.717, 1.165) is 25.7 Å². The fourth-order valence-electron chi connectivity index (χ4n) is 2.25. The van der Waals surface area contributed by atoms with Crippen LogP contribution in [0.5, 0.6) is 0 Å². The maximum Gasteiger partial charge on any atom is 0.323 e. The molecule has 0 bridgehead atoms. The van der Waals surface area contributed by atoms with Gasteiger partial charge < -0.3 is 15.3 Å². The van der Waals surface area contributed by atoms with Gasteiger partial charge in [0.25, 0.3) is 0 Å². The van der Waals surface area contributed by atoms with Gasteiger partial charge in [-0.2, -0.15) is 11.8 Å². The van der Waals surface area contributed by atoms with Gasteiger partial charge in [-0.25, -0.2) is 4.79 Å². The zero-order chi connectivity index (χ0) is 14.3. The normalized spacial score (nSPS) is 22.6. The Morgan fingerprint density at radius 2 is 2.05 bits per heavy atom. The molecule has 1 saturated carbocycles. The lowest BCUT2D eigenvalue weighted by Crippen LogP contribution is -2.47. The van der Waals surface area contributed by atoms with E-state index in [1.165, 1.54) is 11.0 Å². The van der Waals surface area contributed by atoms with Crippen molar-refractivity contribution >= 4 is 23.8 Å². The fourth-order valence-corrected chi connectivity index (χ4v) is 2.99. The molecule has 0 aromatic heterocycles. The summed E-state index contributed by atoms with van der Waals surface area (Å²) in [6.45, 7) is 3.50. The summed E-state index contributed by atoms with van der Waals surface area (Å²) >= 11 is 1.88. The number of nitrogens with zero attached hydrogens (tertiary/aromatic N) is 1. The number of carbonyl (C=O) groups excluding carboxylic acids is 1. The largest absolute Gasteiger partial charge is 0.480 e. The lowest BCUT2D eigenvalue weighted by Gasteiger charge is -2.30. The van der Waals surface area contributed by atoms with E-state index in [1.807, 2.05) is 11.8 Å². The van der Waals surface area contributed by atoms with Crippen LogP contribution in [0.2, 0.25) is 0 Å². The Balaban J connectivity index is 2.43. The summed E-state index contributed by atoms with van der Waals surface area (Å²) in [5.74, 6) is -1.01. The second kappa shape index (κ2) is 8.09. The van der Waals surface area contributed by atoms with Crippen molar-refractivity contribution in [3.05, 3.63) is 12.7 Å². The molecular formula is C13H22N2O3S. The first kappa shape index (κ1) is 15.9. The Morgan fingerprint density at radius 3 is 2.53 bits per heavy atom. The standard InChI is InChI=1S/C13H22N2O3S/c1-3-8-15(9-12(16)17)13(18)14-10-4-6-11(19-2)7-5-10/h3,10-11H,1,4-9H2,2H3,(H,14,18)(H,16,17). The summed E-state index contributed by atoms with van der Waals surface area (Å²) in [4.78, 5) is 24.0. The Labute approximate surface area is 118 Å². The van der Waals surface area contributed by atoms with Gasteiger partial charge >= 0.3 is 12.0 Å². The van der Waals surface area contributed by atoms with E-state index in [9.17, 15) is 9.59 Å². The van der Waals surface area contributed by atoms with Crippen molar-refractivity contribution in [2.45, 2.75) is 37.0 Å². The monoisotopic (exact) mass is 286 g/mol. The van der Waals surface area contributed by atoms with E-state index in [-0.39, 0.29) is 25.2 Å². The highest BCUT2D eigenvalue weighted by atomic mass is 32.2. The number of hydrogen-bond acceptors (Lipinski definition) is 3. The Morgan fingerprint density at radius 1 is 1.42 bits per heavy atom. The molecule has 0 aliphatic heterocycles. The molecule has 5 nitrogen and oxygen atoms in total. The van der Waals surface area contributed by atoms with Gasteiger partial charge in [-0.05, 0) is 31.9 Å². The molecule has 1 aliphatic carbocycles. The van der Waals surface area contributed by atoms with Crippen LogP contribution in [0.4, 0.5) is 4.79 Å². The molecule has 1 aliphatic rings. The van der Waals surface area contributed by atoms with E-state index in [2.05, 4.69) is 18.2 Å². The number of nitrogens with one attached hydrogen (secondary N) is 1. The number of urea groups is 1. The predicted octanol–water partition coefficient (Wildman–Crippen LogP) is 1.94. The first-order valence-corrected chi connectivity index (χ1v) is 7.76. The topological polar surface area (TPSA) is 69.6 Å². The number of aliphatic carboxylic acids is 1. The minimum absolute atomic E-state index is 0.164. The van der Waals surface area contributed by atoms with Gasteiger partial charge in [0.15, 0.2) is 0 Å². The van der Waals surface area contributed by atoms with E-state index in [1.54, 1.807) is 0 Å². The number of carboxylic acid groups (broad SMARTS) is 1. The zero-order valence-corrected chi connectivity index (χ0v) is 12.1. The maximum atomic E-state index is 12.0. The molecule has 0 saturated heterocycles. The van der Waals surface area contributed by atoms with Gasteiger partial charge in [0.2, 0.25) is 0 Å². The van der Waals surface area contributed by atoms with Crippen LogP contribution in [-0.2, 0) is 4.79 Å². The van der Waals surface area contributed by atoms with Crippen molar-refractivity contribution in [1.29, 1.82) is 0 Å². The van der Waals surface area contributed by atoms with Gasteiger partial charge in [0, 0.05) is 17.8 Å². The molecule has 108 valence electrons. The predicted molar refractivity (Wildman–Crippen MR) is 77.5 cm³/mol. The molecular weight excluding hydrogens is 264 g/mol. The van der Waals surface area contributed by atoms with Crippen LogP contribution in [-0.4, -0.2) is 52.6 Å². The molecule has 2 amide bonds. The van der Waals surface area contributed by atoms with Gasteiger partial charge in [-0.3, -0.25) is 4.79 Å². The summed E-state index contributed by atoms with van der Waals surface area (Å²) in [6, 6.07) is -0.146. The minimum atomic E-state index is -1.01. The average molecular weight is 286 g/mol. The molecule has 0 unspecified atom stereocenters. The third-order valence-electron chi connectivity index (χ3n) is 3.30. The molecule has 0 atom stereocenters. The third-order valence-corrected chi connectivity index (χ3v) is 4.44. The number of rotatable bonds is 6. The van der Waals surface area contributed by atoms with Gasteiger partial charge in [0.05, 0.1) is 0 Å². The molecule has 1 fully saturated rings. The van der Waals surface area contributed by atoms with Crippen LogP contribution in [0.3, 0.4) is 0 Å². The highest BCUT2D eigenvalue weighted by molar-refractivity contribution is 7.99. The van der Waals surface area contributed by atoms with Crippen LogP contribution in [0, 0.1) is 0 Å². The first-order valence-electron chi connectivity index (χ1n) is 6.47. The minimum Gasteiger partial charge on any atom is -0.480 e. The lowest BCUT2D eigenvalue weighted by molar-refractivity contribution is -0.137. The Bertz CT molecular complexity index is 328. The number of thioether (sulfide) groups is 1. The van der Waals surface area contributed by atoms with Gasteiger partial charge in [0.1, 0.15) is 6.54 Å². The van der Waals surface area contributed by atoms with Gasteiger partial charge in [-0.1, -0.05) is 6.08 Å². The molecule has 0 heterocycles. The van der Waals surface area contributed by atoms with Crippen LogP contribution < -0.4 is 5.32 Å². The smallest absolute Gasteiger partial charge is 0.323 e. The number of carbonyl (C=O) groups is 2. The van der Waals surface area contributed by atoms with Crippen molar-refractivity contribution in [2.75, 3.05) is 19.3 Å². The van der Waals surface area contributed by atoms with Crippen molar-refractivity contribution in [3.63, 3.8) is 0 Å². The number of amides is 2.